The summed E-state index contributed by atoms with van der Waals surface area (Å²) >= 11 is 3.58. The molecule has 0 aliphatic carbocycles. The van der Waals surface area contributed by atoms with Crippen molar-refractivity contribution < 1.29 is 0 Å². The minimum atomic E-state index is 0.926. The van der Waals surface area contributed by atoms with Crippen LogP contribution < -0.4 is 5.32 Å². The molecule has 0 saturated heterocycles. The minimum Gasteiger partial charge on any atom is -0.319 e. The highest BCUT2D eigenvalue weighted by Gasteiger charge is 2.09. The Bertz CT molecular complexity index is 546. The van der Waals surface area contributed by atoms with E-state index in [4.69, 9.17) is 0 Å². The normalized spacial score (nSPS) is 10.9. The molecule has 0 saturated carbocycles. The van der Waals surface area contributed by atoms with E-state index in [1.807, 2.05) is 17.9 Å². The summed E-state index contributed by atoms with van der Waals surface area (Å²) in [5.41, 5.74) is 4.79. The lowest BCUT2D eigenvalue weighted by molar-refractivity contribution is 0.752. The Morgan fingerprint density at radius 1 is 1.33 bits per heavy atom. The van der Waals surface area contributed by atoms with Crippen LogP contribution in [0.5, 0.6) is 0 Å². The number of hydrogen-bond donors (Lipinski definition) is 1. The quantitative estimate of drug-likeness (QED) is 0.941. The summed E-state index contributed by atoms with van der Waals surface area (Å²) in [6.07, 6.45) is 2.96. The van der Waals surface area contributed by atoms with Gasteiger partial charge in [0.05, 0.1) is 15.9 Å². The van der Waals surface area contributed by atoms with E-state index in [-0.39, 0.29) is 0 Å². The van der Waals surface area contributed by atoms with Crippen molar-refractivity contribution in [2.45, 2.75) is 20.3 Å². The monoisotopic (exact) mass is 307 g/mol. The van der Waals surface area contributed by atoms with Gasteiger partial charge in [-0.2, -0.15) is 5.10 Å². The molecule has 0 aliphatic rings. The first-order chi connectivity index (χ1) is 8.63. The minimum absolute atomic E-state index is 0.926. The lowest BCUT2D eigenvalue weighted by Gasteiger charge is -2.08. The Morgan fingerprint density at radius 3 is 2.83 bits per heavy atom. The van der Waals surface area contributed by atoms with Gasteiger partial charge in [0.1, 0.15) is 0 Å². The van der Waals surface area contributed by atoms with Crippen LogP contribution in [0.3, 0.4) is 0 Å². The largest absolute Gasteiger partial charge is 0.319 e. The van der Waals surface area contributed by atoms with Gasteiger partial charge in [-0.05, 0) is 54.0 Å². The van der Waals surface area contributed by atoms with E-state index in [1.54, 1.807) is 0 Å². The number of nitrogens with zero attached hydrogens (tertiary/aromatic N) is 2. The molecule has 0 unspecified atom stereocenters. The van der Waals surface area contributed by atoms with E-state index in [0.29, 0.717) is 0 Å². The topological polar surface area (TPSA) is 29.9 Å². The van der Waals surface area contributed by atoms with E-state index in [1.165, 1.54) is 11.1 Å². The van der Waals surface area contributed by atoms with Crippen molar-refractivity contribution in [1.82, 2.24) is 15.1 Å². The maximum absolute atomic E-state index is 4.65. The Kier molecular flexibility index (Phi) is 4.19. The van der Waals surface area contributed by atoms with Crippen LogP contribution >= 0.6 is 15.9 Å². The number of likely N-dealkylation sites (N-methyl/N-ethyl adjacent to an activating group) is 1. The molecule has 2 rings (SSSR count). The summed E-state index contributed by atoms with van der Waals surface area (Å²) < 4.78 is 3.02. The molecule has 2 aromatic rings. The summed E-state index contributed by atoms with van der Waals surface area (Å²) in [6, 6.07) is 6.30. The molecule has 0 aliphatic heterocycles. The molecule has 0 fully saturated rings. The van der Waals surface area contributed by atoms with Crippen molar-refractivity contribution in [3.05, 3.63) is 45.7 Å². The lowest BCUT2D eigenvalue weighted by Crippen LogP contribution is -2.11. The molecule has 0 spiro atoms. The average molecular weight is 308 g/mol. The lowest BCUT2D eigenvalue weighted by atomic mass is 10.1. The predicted octanol–water partition coefficient (Wildman–Crippen LogP) is 3.01. The first kappa shape index (κ1) is 13.3. The van der Waals surface area contributed by atoms with Crippen LogP contribution in [-0.4, -0.2) is 23.4 Å². The van der Waals surface area contributed by atoms with E-state index < -0.39 is 0 Å². The number of nitrogens with one attached hydrogen (secondary N) is 1. The fraction of sp³-hybridized carbons (Fsp3) is 0.357. The zero-order chi connectivity index (χ0) is 13.1. The van der Waals surface area contributed by atoms with Crippen molar-refractivity contribution >= 4 is 15.9 Å². The van der Waals surface area contributed by atoms with Crippen molar-refractivity contribution in [1.29, 1.82) is 0 Å². The number of aromatic nitrogens is 2. The van der Waals surface area contributed by atoms with Gasteiger partial charge in [-0.1, -0.05) is 12.1 Å². The molecule has 0 atom stereocenters. The summed E-state index contributed by atoms with van der Waals surface area (Å²) in [5, 5.41) is 7.79. The van der Waals surface area contributed by atoms with Gasteiger partial charge in [0.25, 0.3) is 0 Å². The molecule has 0 amide bonds. The van der Waals surface area contributed by atoms with E-state index in [2.05, 4.69) is 58.4 Å². The Labute approximate surface area is 116 Å². The van der Waals surface area contributed by atoms with Crippen LogP contribution in [-0.2, 0) is 6.42 Å². The second-order valence-electron chi connectivity index (χ2n) is 4.44. The Balaban J connectivity index is 2.36. The molecule has 3 nitrogen and oxygen atoms in total. The standard InChI is InChI=1S/C14H18BrN3/c1-10-5-4-6-14(11(10)2)18-9-12(15)13(17-18)7-8-16-3/h4-6,9,16H,7-8H2,1-3H3. The predicted molar refractivity (Wildman–Crippen MR) is 78.4 cm³/mol. The summed E-state index contributed by atoms with van der Waals surface area (Å²) in [7, 11) is 1.95. The highest BCUT2D eigenvalue weighted by molar-refractivity contribution is 9.10. The molecule has 96 valence electrons. The molecular formula is C14H18BrN3. The van der Waals surface area contributed by atoms with Crippen LogP contribution in [0.25, 0.3) is 5.69 Å². The van der Waals surface area contributed by atoms with Crippen LogP contribution in [0.4, 0.5) is 0 Å². The second-order valence-corrected chi connectivity index (χ2v) is 5.30. The van der Waals surface area contributed by atoms with Gasteiger partial charge in [0.15, 0.2) is 0 Å². The third kappa shape index (κ3) is 2.65. The maximum Gasteiger partial charge on any atom is 0.0783 e. The zero-order valence-electron chi connectivity index (χ0n) is 11.0. The van der Waals surface area contributed by atoms with Crippen LogP contribution in [0.15, 0.2) is 28.9 Å². The maximum atomic E-state index is 4.65. The highest BCUT2D eigenvalue weighted by Crippen LogP contribution is 2.21. The number of halogens is 1. The molecule has 0 bridgehead atoms. The Hall–Kier alpha value is -1.13. The zero-order valence-corrected chi connectivity index (χ0v) is 12.6. The molecule has 1 heterocycles. The third-order valence-corrected chi connectivity index (χ3v) is 3.84. The van der Waals surface area contributed by atoms with Crippen molar-refractivity contribution in [2.75, 3.05) is 13.6 Å². The van der Waals surface area contributed by atoms with E-state index >= 15 is 0 Å². The van der Waals surface area contributed by atoms with Crippen LogP contribution in [0.1, 0.15) is 16.8 Å². The molecule has 0 radical (unpaired) electrons. The fourth-order valence-corrected chi connectivity index (χ4v) is 2.38. The fourth-order valence-electron chi connectivity index (χ4n) is 1.91. The molecule has 4 heteroatoms. The Morgan fingerprint density at radius 2 is 2.11 bits per heavy atom. The first-order valence-corrected chi connectivity index (χ1v) is 6.88. The van der Waals surface area contributed by atoms with Crippen molar-refractivity contribution in [2.24, 2.45) is 0 Å². The van der Waals surface area contributed by atoms with Gasteiger partial charge in [0.2, 0.25) is 0 Å². The summed E-state index contributed by atoms with van der Waals surface area (Å²) in [4.78, 5) is 0. The molecule has 1 N–H and O–H groups in total. The summed E-state index contributed by atoms with van der Waals surface area (Å²) in [6.45, 7) is 5.19. The van der Waals surface area contributed by atoms with E-state index in [9.17, 15) is 0 Å². The SMILES string of the molecule is CNCCc1nn(-c2cccc(C)c2C)cc1Br. The van der Waals surface area contributed by atoms with Gasteiger partial charge >= 0.3 is 0 Å². The number of benzene rings is 1. The molecule has 18 heavy (non-hydrogen) atoms. The number of aryl methyl sites for hydroxylation is 1. The molecular weight excluding hydrogens is 290 g/mol. The molecule has 1 aromatic carbocycles. The molecule has 1 aromatic heterocycles. The van der Waals surface area contributed by atoms with Gasteiger partial charge in [-0.15, -0.1) is 0 Å². The second kappa shape index (κ2) is 5.67. The van der Waals surface area contributed by atoms with Crippen LogP contribution in [0.2, 0.25) is 0 Å². The smallest absolute Gasteiger partial charge is 0.0783 e. The average Bonchev–Trinajstić information content (AvgIpc) is 2.71. The third-order valence-electron chi connectivity index (χ3n) is 3.17. The van der Waals surface area contributed by atoms with Crippen molar-refractivity contribution in [3.63, 3.8) is 0 Å². The van der Waals surface area contributed by atoms with Gasteiger partial charge < -0.3 is 5.32 Å². The first-order valence-electron chi connectivity index (χ1n) is 6.08. The summed E-state index contributed by atoms with van der Waals surface area (Å²) in [5.74, 6) is 0. The van der Waals surface area contributed by atoms with Crippen molar-refractivity contribution in [3.8, 4) is 5.69 Å². The number of hydrogen-bond acceptors (Lipinski definition) is 2. The van der Waals surface area contributed by atoms with Gasteiger partial charge in [-0.25, -0.2) is 4.68 Å². The van der Waals surface area contributed by atoms with Crippen LogP contribution in [0, 0.1) is 13.8 Å². The number of rotatable bonds is 4. The van der Waals surface area contributed by atoms with Gasteiger partial charge in [0, 0.05) is 19.2 Å². The highest BCUT2D eigenvalue weighted by atomic mass is 79.9. The van der Waals surface area contributed by atoms with Gasteiger partial charge in [-0.3, -0.25) is 0 Å². The van der Waals surface area contributed by atoms with E-state index in [0.717, 1.165) is 28.8 Å².